The Labute approximate surface area is 174 Å². The maximum absolute atomic E-state index is 11.7. The highest BCUT2D eigenvalue weighted by molar-refractivity contribution is 6.05. The van der Waals surface area contributed by atoms with Crippen LogP contribution in [-0.4, -0.2) is 39.8 Å². The van der Waals surface area contributed by atoms with E-state index in [9.17, 15) is 4.79 Å². The molecule has 0 aliphatic carbocycles. The van der Waals surface area contributed by atoms with Crippen LogP contribution in [0.5, 0.6) is 0 Å². The van der Waals surface area contributed by atoms with Gasteiger partial charge in [0.25, 0.3) is 5.95 Å². The molecule has 30 heavy (non-hydrogen) atoms. The van der Waals surface area contributed by atoms with Crippen molar-refractivity contribution < 1.29 is 4.79 Å². The molecular formula is C22H23N7O. The van der Waals surface area contributed by atoms with Crippen LogP contribution >= 0.6 is 0 Å². The Bertz CT molecular complexity index is 1220. The van der Waals surface area contributed by atoms with E-state index in [0.717, 1.165) is 22.5 Å². The maximum Gasteiger partial charge on any atom is 0.253 e. The molecule has 8 nitrogen and oxygen atoms in total. The highest BCUT2D eigenvalue weighted by atomic mass is 16.1. The van der Waals surface area contributed by atoms with Gasteiger partial charge in [-0.25, -0.2) is 4.98 Å². The second-order valence-corrected chi connectivity index (χ2v) is 7.20. The van der Waals surface area contributed by atoms with Crippen LogP contribution in [0.25, 0.3) is 16.9 Å². The molecule has 152 valence electrons. The number of benzene rings is 2. The molecule has 0 radical (unpaired) electrons. The number of fused-ring (bicyclic) bond motifs is 1. The van der Waals surface area contributed by atoms with Gasteiger partial charge in [-0.1, -0.05) is 36.4 Å². The van der Waals surface area contributed by atoms with Crippen LogP contribution in [0.4, 0.5) is 11.5 Å². The summed E-state index contributed by atoms with van der Waals surface area (Å²) in [7, 11) is 3.92. The summed E-state index contributed by atoms with van der Waals surface area (Å²) < 4.78 is 1.63. The van der Waals surface area contributed by atoms with Crippen molar-refractivity contribution in [2.24, 2.45) is 5.73 Å². The SMILES string of the molecule is Cc1nc(-n2ncc3c(C(N)=O)cccc32)nc(NCc2ccccc2)c1N(C)C. The molecule has 4 aromatic rings. The molecule has 0 saturated carbocycles. The van der Waals surface area contributed by atoms with E-state index in [2.05, 4.69) is 27.5 Å². The van der Waals surface area contributed by atoms with Crippen LogP contribution in [0.3, 0.4) is 0 Å². The van der Waals surface area contributed by atoms with Gasteiger partial charge >= 0.3 is 0 Å². The molecule has 1 amide bonds. The van der Waals surface area contributed by atoms with E-state index in [1.165, 1.54) is 0 Å². The molecule has 8 heteroatoms. The topological polar surface area (TPSA) is 102 Å². The van der Waals surface area contributed by atoms with Gasteiger partial charge in [-0.15, -0.1) is 0 Å². The van der Waals surface area contributed by atoms with Crippen LogP contribution < -0.4 is 16.0 Å². The third-order valence-electron chi connectivity index (χ3n) is 4.87. The molecular weight excluding hydrogens is 378 g/mol. The molecule has 0 spiro atoms. The van der Waals surface area contributed by atoms with Crippen LogP contribution in [0.15, 0.2) is 54.7 Å². The fourth-order valence-corrected chi connectivity index (χ4v) is 3.51. The number of carbonyl (C=O) groups excluding carboxylic acids is 1. The number of hydrogen-bond acceptors (Lipinski definition) is 6. The normalized spacial score (nSPS) is 10.9. The quantitative estimate of drug-likeness (QED) is 0.515. The van der Waals surface area contributed by atoms with Gasteiger partial charge < -0.3 is 16.0 Å². The van der Waals surface area contributed by atoms with Gasteiger partial charge in [0.1, 0.15) is 5.69 Å². The lowest BCUT2D eigenvalue weighted by Crippen LogP contribution is -2.18. The summed E-state index contributed by atoms with van der Waals surface area (Å²) in [5.74, 6) is 0.636. The maximum atomic E-state index is 11.7. The zero-order valence-electron chi connectivity index (χ0n) is 17.1. The molecule has 0 aliphatic rings. The van der Waals surface area contributed by atoms with Gasteiger partial charge in [0, 0.05) is 26.0 Å². The minimum Gasteiger partial charge on any atom is -0.373 e. The predicted octanol–water partition coefficient (Wildman–Crippen LogP) is 2.90. The third-order valence-corrected chi connectivity index (χ3v) is 4.87. The van der Waals surface area contributed by atoms with Gasteiger partial charge in [0.05, 0.1) is 23.0 Å². The fourth-order valence-electron chi connectivity index (χ4n) is 3.51. The van der Waals surface area contributed by atoms with Crippen LogP contribution in [0, 0.1) is 6.92 Å². The monoisotopic (exact) mass is 401 g/mol. The number of nitrogens with one attached hydrogen (secondary N) is 1. The summed E-state index contributed by atoms with van der Waals surface area (Å²) in [5, 5.41) is 8.52. The van der Waals surface area contributed by atoms with Crippen LogP contribution in [-0.2, 0) is 6.54 Å². The minimum atomic E-state index is -0.495. The van der Waals surface area contributed by atoms with Crippen molar-refractivity contribution in [3.05, 3.63) is 71.5 Å². The first-order valence-corrected chi connectivity index (χ1v) is 9.56. The third kappa shape index (κ3) is 3.55. The van der Waals surface area contributed by atoms with Gasteiger partial charge in [-0.3, -0.25) is 4.79 Å². The molecule has 0 unspecified atom stereocenters. The molecule has 2 aromatic heterocycles. The van der Waals surface area contributed by atoms with Crippen molar-refractivity contribution in [3.63, 3.8) is 0 Å². The largest absolute Gasteiger partial charge is 0.373 e. The lowest BCUT2D eigenvalue weighted by Gasteiger charge is -2.20. The molecule has 0 saturated heterocycles. The Morgan fingerprint density at radius 3 is 2.57 bits per heavy atom. The number of anilines is 2. The minimum absolute atomic E-state index is 0.419. The van der Waals surface area contributed by atoms with Crippen molar-refractivity contribution in [3.8, 4) is 5.95 Å². The van der Waals surface area contributed by atoms with E-state index >= 15 is 0 Å². The van der Waals surface area contributed by atoms with E-state index in [4.69, 9.17) is 10.7 Å². The number of amides is 1. The molecule has 2 aromatic carbocycles. The van der Waals surface area contributed by atoms with Crippen LogP contribution in [0.1, 0.15) is 21.6 Å². The first kappa shape index (κ1) is 19.4. The van der Waals surface area contributed by atoms with Gasteiger partial charge in [0.2, 0.25) is 5.91 Å². The summed E-state index contributed by atoms with van der Waals surface area (Å²) in [6, 6.07) is 15.4. The van der Waals surface area contributed by atoms with Crippen molar-refractivity contribution in [1.29, 1.82) is 0 Å². The Morgan fingerprint density at radius 2 is 1.87 bits per heavy atom. The molecule has 0 aliphatic heterocycles. The lowest BCUT2D eigenvalue weighted by molar-refractivity contribution is 0.100. The Hall–Kier alpha value is -3.94. The van der Waals surface area contributed by atoms with Gasteiger partial charge in [-0.2, -0.15) is 14.8 Å². The number of hydrogen-bond donors (Lipinski definition) is 2. The smallest absolute Gasteiger partial charge is 0.253 e. The summed E-state index contributed by atoms with van der Waals surface area (Å²) in [6.45, 7) is 2.57. The zero-order chi connectivity index (χ0) is 21.3. The van der Waals surface area contributed by atoms with E-state index < -0.39 is 5.91 Å². The number of rotatable bonds is 6. The summed E-state index contributed by atoms with van der Waals surface area (Å²) >= 11 is 0. The highest BCUT2D eigenvalue weighted by Gasteiger charge is 2.18. The van der Waals surface area contributed by atoms with Crippen LogP contribution in [0.2, 0.25) is 0 Å². The van der Waals surface area contributed by atoms with Crippen molar-refractivity contribution >= 4 is 28.3 Å². The Balaban J connectivity index is 1.80. The van der Waals surface area contributed by atoms with E-state index in [1.807, 2.05) is 50.2 Å². The van der Waals surface area contributed by atoms with Crippen molar-refractivity contribution in [2.45, 2.75) is 13.5 Å². The molecule has 0 bridgehead atoms. The average Bonchev–Trinajstić information content (AvgIpc) is 3.16. The van der Waals surface area contributed by atoms with Crippen molar-refractivity contribution in [1.82, 2.24) is 19.7 Å². The predicted molar refractivity (Wildman–Crippen MR) is 118 cm³/mol. The van der Waals surface area contributed by atoms with Gasteiger partial charge in [-0.05, 0) is 24.6 Å². The first-order chi connectivity index (χ1) is 14.5. The summed E-state index contributed by atoms with van der Waals surface area (Å²) in [6.07, 6.45) is 1.62. The number of aryl methyl sites for hydroxylation is 1. The Morgan fingerprint density at radius 1 is 1.10 bits per heavy atom. The second kappa shape index (κ2) is 7.82. The number of carbonyl (C=O) groups is 1. The van der Waals surface area contributed by atoms with Gasteiger partial charge in [0.15, 0.2) is 5.82 Å². The zero-order valence-corrected chi connectivity index (χ0v) is 17.1. The molecule has 0 fully saturated rings. The van der Waals surface area contributed by atoms with E-state index in [-0.39, 0.29) is 0 Å². The second-order valence-electron chi connectivity index (χ2n) is 7.20. The summed E-state index contributed by atoms with van der Waals surface area (Å²) in [5.41, 5.74) is 9.51. The molecule has 4 rings (SSSR count). The van der Waals surface area contributed by atoms with Crippen molar-refractivity contribution in [2.75, 3.05) is 24.3 Å². The first-order valence-electron chi connectivity index (χ1n) is 9.56. The molecule has 3 N–H and O–H groups in total. The standard InChI is InChI=1S/C22H23N7O/c1-14-19(28(2)3)21(24-12-15-8-5-4-6-9-15)27-22(26-14)29-18-11-7-10-16(20(23)30)17(18)13-25-29/h4-11,13H,12H2,1-3H3,(H2,23,30)(H,24,26,27). The highest BCUT2D eigenvalue weighted by Crippen LogP contribution is 2.28. The number of nitrogens with two attached hydrogens (primary N) is 1. The molecule has 2 heterocycles. The fraction of sp³-hybridized carbons (Fsp3) is 0.182. The summed E-state index contributed by atoms with van der Waals surface area (Å²) in [4.78, 5) is 23.2. The Kier molecular flexibility index (Phi) is 5.05. The lowest BCUT2D eigenvalue weighted by atomic mass is 10.1. The number of aromatic nitrogens is 4. The number of primary amides is 1. The average molecular weight is 401 g/mol. The number of nitrogens with zero attached hydrogens (tertiary/aromatic N) is 5. The van der Waals surface area contributed by atoms with E-state index in [1.54, 1.807) is 23.0 Å². The molecule has 0 atom stereocenters. The van der Waals surface area contributed by atoms with E-state index in [0.29, 0.717) is 29.3 Å².